The molecule has 5 rings (SSSR count). The summed E-state index contributed by atoms with van der Waals surface area (Å²) in [5.41, 5.74) is 5.06. The molecule has 1 fully saturated rings. The summed E-state index contributed by atoms with van der Waals surface area (Å²) in [6, 6.07) is 18.5. The highest BCUT2D eigenvalue weighted by molar-refractivity contribution is 6.03. The Balaban J connectivity index is 1.33. The zero-order chi connectivity index (χ0) is 20.7. The Morgan fingerprint density at radius 3 is 2.63 bits per heavy atom. The first-order chi connectivity index (χ1) is 14.6. The lowest BCUT2D eigenvalue weighted by atomic mass is 10.1. The lowest BCUT2D eigenvalue weighted by Gasteiger charge is -2.37. The van der Waals surface area contributed by atoms with Gasteiger partial charge in [-0.25, -0.2) is 0 Å². The lowest BCUT2D eigenvalue weighted by Crippen LogP contribution is -2.46. The number of fused-ring (bicyclic) bond motifs is 2. The molecule has 1 amide bonds. The van der Waals surface area contributed by atoms with E-state index in [0.717, 1.165) is 52.9 Å². The number of rotatable bonds is 4. The molecule has 154 valence electrons. The average Bonchev–Trinajstić information content (AvgIpc) is 3.07. The minimum Gasteiger partial charge on any atom is -0.372 e. The molecule has 0 saturated carbocycles. The molecule has 0 N–H and O–H groups in total. The van der Waals surface area contributed by atoms with Crippen LogP contribution in [-0.2, 0) is 17.7 Å². The summed E-state index contributed by atoms with van der Waals surface area (Å²) in [7, 11) is 0. The molecule has 2 aliphatic heterocycles. The predicted octanol–water partition coefficient (Wildman–Crippen LogP) is 4.05. The Bertz CT molecular complexity index is 1090. The number of anilines is 1. The zero-order valence-electron chi connectivity index (χ0n) is 17.5. The van der Waals surface area contributed by atoms with Crippen LogP contribution in [-0.4, -0.2) is 47.6 Å². The quantitative estimate of drug-likeness (QED) is 0.662. The lowest BCUT2D eigenvalue weighted by molar-refractivity contribution is -0.00528. The van der Waals surface area contributed by atoms with E-state index in [1.165, 1.54) is 0 Å². The fourth-order valence-electron chi connectivity index (χ4n) is 4.72. The third kappa shape index (κ3) is 3.54. The van der Waals surface area contributed by atoms with E-state index in [0.29, 0.717) is 13.1 Å². The van der Waals surface area contributed by atoms with Crippen LogP contribution in [0.2, 0.25) is 0 Å². The fraction of sp³-hybridized carbons (Fsp3) is 0.360. The molecule has 5 heteroatoms. The van der Waals surface area contributed by atoms with Crippen LogP contribution in [0, 0.1) is 0 Å². The van der Waals surface area contributed by atoms with Crippen molar-refractivity contribution in [3.05, 3.63) is 71.4 Å². The molecule has 0 bridgehead atoms. The largest absolute Gasteiger partial charge is 0.372 e. The van der Waals surface area contributed by atoms with Crippen LogP contribution in [0.4, 0.5) is 5.69 Å². The summed E-state index contributed by atoms with van der Waals surface area (Å²) < 4.78 is 5.88. The van der Waals surface area contributed by atoms with Crippen LogP contribution in [0.5, 0.6) is 0 Å². The van der Waals surface area contributed by atoms with Gasteiger partial charge in [0.05, 0.1) is 29.0 Å². The summed E-state index contributed by atoms with van der Waals surface area (Å²) in [6.07, 6.45) is 1.08. The Labute approximate surface area is 177 Å². The van der Waals surface area contributed by atoms with Crippen molar-refractivity contribution in [2.75, 3.05) is 24.5 Å². The highest BCUT2D eigenvalue weighted by atomic mass is 16.5. The maximum atomic E-state index is 13.3. The highest BCUT2D eigenvalue weighted by Crippen LogP contribution is 2.33. The Hall–Kier alpha value is -2.92. The molecule has 30 heavy (non-hydrogen) atoms. The molecule has 2 atom stereocenters. The maximum Gasteiger partial charge on any atom is 0.256 e. The molecular formula is C25H27N3O2. The van der Waals surface area contributed by atoms with E-state index < -0.39 is 0 Å². The van der Waals surface area contributed by atoms with Crippen LogP contribution in [0.25, 0.3) is 10.9 Å². The van der Waals surface area contributed by atoms with Gasteiger partial charge in [-0.05, 0) is 37.6 Å². The van der Waals surface area contributed by atoms with E-state index in [2.05, 4.69) is 55.1 Å². The van der Waals surface area contributed by atoms with Gasteiger partial charge in [0.2, 0.25) is 0 Å². The molecule has 0 spiro atoms. The first-order valence-corrected chi connectivity index (χ1v) is 10.7. The Morgan fingerprint density at radius 1 is 1.00 bits per heavy atom. The van der Waals surface area contributed by atoms with E-state index >= 15 is 0 Å². The van der Waals surface area contributed by atoms with Gasteiger partial charge in [-0.3, -0.25) is 9.78 Å². The molecule has 0 aliphatic carbocycles. The van der Waals surface area contributed by atoms with E-state index in [-0.39, 0.29) is 18.1 Å². The van der Waals surface area contributed by atoms with Crippen molar-refractivity contribution < 1.29 is 9.53 Å². The van der Waals surface area contributed by atoms with Crippen molar-refractivity contribution in [1.82, 2.24) is 9.88 Å². The average molecular weight is 402 g/mol. The number of amides is 1. The van der Waals surface area contributed by atoms with Crippen molar-refractivity contribution in [2.45, 2.75) is 39.0 Å². The first-order valence-electron chi connectivity index (χ1n) is 10.7. The van der Waals surface area contributed by atoms with Gasteiger partial charge >= 0.3 is 0 Å². The molecule has 3 heterocycles. The van der Waals surface area contributed by atoms with E-state index in [9.17, 15) is 4.79 Å². The monoisotopic (exact) mass is 401 g/mol. The second-order valence-electron chi connectivity index (χ2n) is 8.45. The Morgan fingerprint density at radius 2 is 1.80 bits per heavy atom. The number of hydrogen-bond donors (Lipinski definition) is 0. The van der Waals surface area contributed by atoms with Crippen LogP contribution in [0.3, 0.4) is 0 Å². The number of carbonyl (C=O) groups excluding carboxylic acids is 1. The van der Waals surface area contributed by atoms with Crippen molar-refractivity contribution in [3.63, 3.8) is 0 Å². The topological polar surface area (TPSA) is 45.7 Å². The molecular weight excluding hydrogens is 374 g/mol. The van der Waals surface area contributed by atoms with Crippen molar-refractivity contribution in [1.29, 1.82) is 0 Å². The highest BCUT2D eigenvalue weighted by Gasteiger charge is 2.33. The standard InChI is InChI=1S/C25H27N3O2/c1-17-14-28(15-18(2)30-17)23-9-5-7-20-16-27(25(29)24(20)23)13-12-21-11-10-19-6-3-4-8-22(19)26-21/h3-11,17-18H,12-16H2,1-2H3. The third-order valence-electron chi connectivity index (χ3n) is 6.05. The summed E-state index contributed by atoms with van der Waals surface area (Å²) in [4.78, 5) is 22.3. The fourth-order valence-corrected chi connectivity index (χ4v) is 4.72. The van der Waals surface area contributed by atoms with E-state index in [4.69, 9.17) is 9.72 Å². The maximum absolute atomic E-state index is 13.3. The molecule has 2 aliphatic rings. The molecule has 1 aromatic heterocycles. The van der Waals surface area contributed by atoms with Gasteiger partial charge in [-0.15, -0.1) is 0 Å². The van der Waals surface area contributed by atoms with E-state index in [1.54, 1.807) is 0 Å². The third-order valence-corrected chi connectivity index (χ3v) is 6.05. The second-order valence-corrected chi connectivity index (χ2v) is 8.45. The Kier molecular flexibility index (Phi) is 4.91. The van der Waals surface area contributed by atoms with Gasteiger partial charge < -0.3 is 14.5 Å². The van der Waals surface area contributed by atoms with Gasteiger partial charge in [0.1, 0.15) is 0 Å². The number of aromatic nitrogens is 1. The number of pyridine rings is 1. The number of morpholine rings is 1. The smallest absolute Gasteiger partial charge is 0.256 e. The summed E-state index contributed by atoms with van der Waals surface area (Å²) in [6.45, 7) is 7.16. The van der Waals surface area contributed by atoms with Crippen LogP contribution >= 0.6 is 0 Å². The molecule has 1 saturated heterocycles. The van der Waals surface area contributed by atoms with Crippen LogP contribution in [0.1, 0.15) is 35.5 Å². The number of para-hydroxylation sites is 1. The van der Waals surface area contributed by atoms with Crippen LogP contribution in [0.15, 0.2) is 54.6 Å². The van der Waals surface area contributed by atoms with Crippen LogP contribution < -0.4 is 4.90 Å². The molecule has 2 unspecified atom stereocenters. The van der Waals surface area contributed by atoms with Crippen molar-refractivity contribution >= 4 is 22.5 Å². The summed E-state index contributed by atoms with van der Waals surface area (Å²) >= 11 is 0. The number of benzene rings is 2. The van der Waals surface area contributed by atoms with Gasteiger partial charge in [-0.1, -0.05) is 36.4 Å². The number of ether oxygens (including phenoxy) is 1. The predicted molar refractivity (Wildman–Crippen MR) is 119 cm³/mol. The molecule has 5 nitrogen and oxygen atoms in total. The minimum atomic E-state index is 0.133. The summed E-state index contributed by atoms with van der Waals surface area (Å²) in [5.74, 6) is 0.133. The van der Waals surface area contributed by atoms with E-state index in [1.807, 2.05) is 23.1 Å². The molecule has 3 aromatic rings. The normalized spacial score (nSPS) is 21.3. The first kappa shape index (κ1) is 19.1. The van der Waals surface area contributed by atoms with Gasteiger partial charge in [0, 0.05) is 43.7 Å². The SMILES string of the molecule is CC1CN(c2cccc3c2C(=O)N(CCc2ccc4ccccc4n2)C3)CC(C)O1. The number of nitrogens with zero attached hydrogens (tertiary/aromatic N) is 3. The van der Waals surface area contributed by atoms with Gasteiger partial charge in [0.25, 0.3) is 5.91 Å². The molecule has 0 radical (unpaired) electrons. The summed E-state index contributed by atoms with van der Waals surface area (Å²) in [5, 5.41) is 1.14. The van der Waals surface area contributed by atoms with Crippen molar-refractivity contribution in [3.8, 4) is 0 Å². The second kappa shape index (κ2) is 7.73. The van der Waals surface area contributed by atoms with Crippen molar-refractivity contribution in [2.24, 2.45) is 0 Å². The van der Waals surface area contributed by atoms with Gasteiger partial charge in [0.15, 0.2) is 0 Å². The number of carbonyl (C=O) groups is 1. The zero-order valence-corrected chi connectivity index (χ0v) is 17.5. The minimum absolute atomic E-state index is 0.133. The number of hydrogen-bond acceptors (Lipinski definition) is 4. The van der Waals surface area contributed by atoms with Gasteiger partial charge in [-0.2, -0.15) is 0 Å². The molecule has 2 aromatic carbocycles.